The molecule has 1 aliphatic heterocycles. The number of aromatic nitrogens is 1. The predicted octanol–water partition coefficient (Wildman–Crippen LogP) is 3.00. The van der Waals surface area contributed by atoms with Crippen molar-refractivity contribution in [2.75, 3.05) is 46.4 Å². The van der Waals surface area contributed by atoms with E-state index in [0.717, 1.165) is 69.7 Å². The highest BCUT2D eigenvalue weighted by Crippen LogP contribution is 2.38. The second kappa shape index (κ2) is 10.3. The topological polar surface area (TPSA) is 66.9 Å². The Kier molecular flexibility index (Phi) is 7.72. The van der Waals surface area contributed by atoms with Crippen LogP contribution >= 0.6 is 0 Å². The number of hydrogen-bond acceptors (Lipinski definition) is 6. The van der Waals surface area contributed by atoms with Gasteiger partial charge in [-0.15, -0.1) is 0 Å². The van der Waals surface area contributed by atoms with E-state index in [1.807, 2.05) is 38.1 Å². The highest BCUT2D eigenvalue weighted by atomic mass is 16.6. The first-order valence-electron chi connectivity index (χ1n) is 11.1. The molecule has 0 bridgehead atoms. The Morgan fingerprint density at radius 1 is 1.17 bits per heavy atom. The fraction of sp³-hybridized carbons (Fsp3) is 0.727. The molecule has 1 aliphatic carbocycles. The molecule has 0 radical (unpaired) electrons. The minimum absolute atomic E-state index is 0.0654. The largest absolute Gasteiger partial charge is 0.492 e. The molecule has 0 aromatic carbocycles. The first kappa shape index (κ1) is 21.8. The lowest BCUT2D eigenvalue weighted by Crippen LogP contribution is -2.49. The first-order chi connectivity index (χ1) is 14.1. The number of nitrogens with zero attached hydrogens (tertiary/aromatic N) is 3. The summed E-state index contributed by atoms with van der Waals surface area (Å²) in [5.74, 6) is 0.826. The van der Waals surface area contributed by atoms with Crippen molar-refractivity contribution in [3.63, 3.8) is 0 Å². The van der Waals surface area contributed by atoms with Crippen molar-refractivity contribution in [1.82, 2.24) is 20.1 Å². The van der Waals surface area contributed by atoms with Gasteiger partial charge in [0.2, 0.25) is 0 Å². The molecule has 1 N–H and O–H groups in total. The normalized spacial score (nSPS) is 26.0. The van der Waals surface area contributed by atoms with Crippen molar-refractivity contribution in [3.8, 4) is 5.75 Å². The molecule has 162 valence electrons. The number of nitrogens with one attached hydrogen (secondary N) is 1. The van der Waals surface area contributed by atoms with Crippen molar-refractivity contribution in [3.05, 3.63) is 24.0 Å². The van der Waals surface area contributed by atoms with E-state index in [2.05, 4.69) is 16.3 Å². The van der Waals surface area contributed by atoms with Gasteiger partial charge in [-0.25, -0.2) is 4.79 Å². The van der Waals surface area contributed by atoms with Crippen LogP contribution in [0.4, 0.5) is 4.79 Å². The van der Waals surface area contributed by atoms with Crippen LogP contribution in [0, 0.1) is 0 Å². The van der Waals surface area contributed by atoms with Gasteiger partial charge in [0.25, 0.3) is 0 Å². The molecular formula is C22H36N4O3. The van der Waals surface area contributed by atoms with Crippen LogP contribution in [0.1, 0.15) is 51.6 Å². The number of amides is 1. The monoisotopic (exact) mass is 404 g/mol. The fourth-order valence-electron chi connectivity index (χ4n) is 4.71. The van der Waals surface area contributed by atoms with E-state index in [1.165, 1.54) is 0 Å². The van der Waals surface area contributed by atoms with Crippen LogP contribution in [0.2, 0.25) is 0 Å². The van der Waals surface area contributed by atoms with E-state index in [0.29, 0.717) is 19.3 Å². The van der Waals surface area contributed by atoms with Gasteiger partial charge < -0.3 is 19.7 Å². The smallest absolute Gasteiger partial charge is 0.409 e. The summed E-state index contributed by atoms with van der Waals surface area (Å²) >= 11 is 0. The summed E-state index contributed by atoms with van der Waals surface area (Å²) < 4.78 is 10.7. The molecule has 2 fully saturated rings. The van der Waals surface area contributed by atoms with Crippen molar-refractivity contribution in [2.45, 2.75) is 57.5 Å². The number of pyridine rings is 1. The van der Waals surface area contributed by atoms with Crippen LogP contribution in [0.25, 0.3) is 0 Å². The minimum Gasteiger partial charge on any atom is -0.492 e. The third-order valence-corrected chi connectivity index (χ3v) is 6.40. The van der Waals surface area contributed by atoms with Crippen molar-refractivity contribution < 1.29 is 14.3 Å². The standard InChI is InChI=1S/C22H36N4O3/c1-4-28-19-7-8-20(24-17-19)22(23-3)11-9-18(10-12-22)25-13-6-14-26(16-15-25)21(27)29-5-2/h7-8,17-18,23H,4-6,9-16H2,1-3H3. The van der Waals surface area contributed by atoms with Crippen LogP contribution in [-0.2, 0) is 10.3 Å². The van der Waals surface area contributed by atoms with Gasteiger partial charge in [-0.05, 0) is 65.1 Å². The molecule has 0 spiro atoms. The maximum absolute atomic E-state index is 12.0. The molecular weight excluding hydrogens is 368 g/mol. The molecule has 1 aromatic heterocycles. The highest BCUT2D eigenvalue weighted by Gasteiger charge is 2.38. The molecule has 0 unspecified atom stereocenters. The summed E-state index contributed by atoms with van der Waals surface area (Å²) in [6.07, 6.45) is 7.06. The Morgan fingerprint density at radius 2 is 1.97 bits per heavy atom. The number of carbonyl (C=O) groups excluding carboxylic acids is 1. The van der Waals surface area contributed by atoms with Crippen LogP contribution in [-0.4, -0.2) is 73.4 Å². The molecule has 7 nitrogen and oxygen atoms in total. The lowest BCUT2D eigenvalue weighted by molar-refractivity contribution is 0.0994. The van der Waals surface area contributed by atoms with Gasteiger partial charge in [0.05, 0.1) is 30.6 Å². The minimum atomic E-state index is -0.172. The van der Waals surface area contributed by atoms with E-state index in [1.54, 1.807) is 0 Å². The van der Waals surface area contributed by atoms with Gasteiger partial charge in [-0.3, -0.25) is 9.88 Å². The van der Waals surface area contributed by atoms with Gasteiger partial charge in [0.1, 0.15) is 5.75 Å². The fourth-order valence-corrected chi connectivity index (χ4v) is 4.71. The van der Waals surface area contributed by atoms with Gasteiger partial charge in [0.15, 0.2) is 0 Å². The Morgan fingerprint density at radius 3 is 2.59 bits per heavy atom. The summed E-state index contributed by atoms with van der Waals surface area (Å²) in [7, 11) is 2.04. The van der Waals surface area contributed by atoms with Crippen LogP contribution in [0.3, 0.4) is 0 Å². The highest BCUT2D eigenvalue weighted by molar-refractivity contribution is 5.67. The number of rotatable bonds is 6. The first-order valence-corrected chi connectivity index (χ1v) is 11.1. The van der Waals surface area contributed by atoms with E-state index < -0.39 is 0 Å². The predicted molar refractivity (Wildman–Crippen MR) is 113 cm³/mol. The van der Waals surface area contributed by atoms with E-state index in [9.17, 15) is 4.79 Å². The van der Waals surface area contributed by atoms with Crippen molar-refractivity contribution >= 4 is 6.09 Å². The van der Waals surface area contributed by atoms with Gasteiger partial charge in [-0.1, -0.05) is 0 Å². The zero-order valence-corrected chi connectivity index (χ0v) is 18.2. The van der Waals surface area contributed by atoms with E-state index >= 15 is 0 Å². The second-order valence-corrected chi connectivity index (χ2v) is 7.95. The zero-order chi connectivity index (χ0) is 20.7. The molecule has 1 amide bonds. The third-order valence-electron chi connectivity index (χ3n) is 6.40. The van der Waals surface area contributed by atoms with Crippen LogP contribution in [0.15, 0.2) is 18.3 Å². The lowest BCUT2D eigenvalue weighted by Gasteiger charge is -2.43. The molecule has 1 saturated carbocycles. The average Bonchev–Trinajstić information content (AvgIpc) is 3.01. The number of hydrogen-bond donors (Lipinski definition) is 1. The molecule has 1 aromatic rings. The number of carbonyl (C=O) groups is 1. The maximum Gasteiger partial charge on any atom is 0.409 e. The lowest BCUT2D eigenvalue weighted by atomic mass is 9.76. The third kappa shape index (κ3) is 5.20. The summed E-state index contributed by atoms with van der Waals surface area (Å²) in [5.41, 5.74) is 1.04. The molecule has 3 rings (SSSR count). The maximum atomic E-state index is 12.0. The quantitative estimate of drug-likeness (QED) is 0.786. The van der Waals surface area contributed by atoms with Crippen molar-refractivity contribution in [2.24, 2.45) is 0 Å². The van der Waals surface area contributed by atoms with Crippen LogP contribution in [0.5, 0.6) is 5.75 Å². The molecule has 29 heavy (non-hydrogen) atoms. The molecule has 2 aliphatic rings. The Balaban J connectivity index is 1.58. The zero-order valence-electron chi connectivity index (χ0n) is 18.2. The van der Waals surface area contributed by atoms with Gasteiger partial charge in [0, 0.05) is 32.2 Å². The molecule has 2 heterocycles. The second-order valence-electron chi connectivity index (χ2n) is 7.95. The number of ether oxygens (including phenoxy) is 2. The van der Waals surface area contributed by atoms with Gasteiger partial charge >= 0.3 is 6.09 Å². The summed E-state index contributed by atoms with van der Waals surface area (Å²) in [6, 6.07) is 4.70. The van der Waals surface area contributed by atoms with E-state index in [-0.39, 0.29) is 11.6 Å². The average molecular weight is 405 g/mol. The Hall–Kier alpha value is -1.86. The Labute approximate surface area is 174 Å². The van der Waals surface area contributed by atoms with Crippen molar-refractivity contribution in [1.29, 1.82) is 0 Å². The summed E-state index contributed by atoms with van der Waals surface area (Å²) in [6.45, 7) is 8.46. The summed E-state index contributed by atoms with van der Waals surface area (Å²) in [5, 5.41) is 3.57. The van der Waals surface area contributed by atoms with Crippen LogP contribution < -0.4 is 10.1 Å². The Bertz CT molecular complexity index is 644. The summed E-state index contributed by atoms with van der Waals surface area (Å²) in [4.78, 5) is 21.2. The SMILES string of the molecule is CCOC(=O)N1CCCN(C2CCC(NC)(c3ccc(OCC)cn3)CC2)CC1. The molecule has 7 heteroatoms. The molecule has 1 saturated heterocycles. The van der Waals surface area contributed by atoms with Gasteiger partial charge in [-0.2, -0.15) is 0 Å². The van der Waals surface area contributed by atoms with E-state index in [4.69, 9.17) is 14.5 Å². The molecule has 0 atom stereocenters.